The Morgan fingerprint density at radius 1 is 0.667 bits per heavy atom. The van der Waals surface area contributed by atoms with Crippen molar-refractivity contribution in [2.45, 2.75) is 26.7 Å². The molecule has 1 aromatic heterocycles. The summed E-state index contributed by atoms with van der Waals surface area (Å²) in [7, 11) is 2.24. The highest BCUT2D eigenvalue weighted by atomic mass is 15.1. The molecule has 0 N–H and O–H groups in total. The van der Waals surface area contributed by atoms with Gasteiger partial charge in [-0.25, -0.2) is 0 Å². The molecule has 200 valence electrons. The predicted molar refractivity (Wildman–Crippen MR) is 181 cm³/mol. The Hall–Kier alpha value is -4.76. The molecular formula is C39H31BN2. The summed E-state index contributed by atoms with van der Waals surface area (Å²) in [6.45, 7) is 4.75. The van der Waals surface area contributed by atoms with Gasteiger partial charge in [-0.05, 0) is 99.9 Å². The van der Waals surface area contributed by atoms with Crippen molar-refractivity contribution < 1.29 is 0 Å². The van der Waals surface area contributed by atoms with E-state index in [1.54, 1.807) is 0 Å². The Morgan fingerprint density at radius 3 is 2.26 bits per heavy atom. The molecule has 0 radical (unpaired) electrons. The van der Waals surface area contributed by atoms with Gasteiger partial charge in [0.2, 0.25) is 0 Å². The van der Waals surface area contributed by atoms with E-state index in [2.05, 4.69) is 140 Å². The van der Waals surface area contributed by atoms with Gasteiger partial charge in [0.15, 0.2) is 0 Å². The van der Waals surface area contributed by atoms with E-state index in [4.69, 9.17) is 0 Å². The number of rotatable bonds is 2. The van der Waals surface area contributed by atoms with Gasteiger partial charge in [-0.3, -0.25) is 0 Å². The van der Waals surface area contributed by atoms with Crippen molar-refractivity contribution in [3.05, 3.63) is 126 Å². The molecule has 3 heteroatoms. The molecule has 0 bridgehead atoms. The Kier molecular flexibility index (Phi) is 4.91. The van der Waals surface area contributed by atoms with Crippen LogP contribution in [0.2, 0.25) is 0 Å². The van der Waals surface area contributed by atoms with Gasteiger partial charge in [0.05, 0.1) is 0 Å². The molecule has 0 saturated heterocycles. The van der Waals surface area contributed by atoms with E-state index in [-0.39, 0.29) is 6.71 Å². The molecule has 0 spiro atoms. The fourth-order valence-electron chi connectivity index (χ4n) is 7.97. The van der Waals surface area contributed by atoms with Crippen LogP contribution in [0.5, 0.6) is 0 Å². The van der Waals surface area contributed by atoms with Crippen LogP contribution < -0.4 is 21.3 Å². The molecule has 0 saturated carbocycles. The summed E-state index contributed by atoms with van der Waals surface area (Å²) in [5.74, 6) is 0. The minimum atomic E-state index is 0.213. The van der Waals surface area contributed by atoms with Gasteiger partial charge >= 0.3 is 0 Å². The monoisotopic (exact) mass is 538 g/mol. The Labute approximate surface area is 247 Å². The second-order valence-corrected chi connectivity index (χ2v) is 12.1. The maximum Gasteiger partial charge on any atom is 0.252 e. The third kappa shape index (κ3) is 3.06. The number of aromatic nitrogens is 1. The van der Waals surface area contributed by atoms with Crippen LogP contribution in [-0.2, 0) is 0 Å². The van der Waals surface area contributed by atoms with Crippen molar-refractivity contribution in [3.63, 3.8) is 0 Å². The van der Waals surface area contributed by atoms with Crippen molar-refractivity contribution in [1.29, 1.82) is 0 Å². The molecular weight excluding hydrogens is 507 g/mol. The number of para-hydroxylation sites is 1. The predicted octanol–water partition coefficient (Wildman–Crippen LogP) is 7.71. The molecule has 0 fully saturated rings. The van der Waals surface area contributed by atoms with Gasteiger partial charge in [0, 0.05) is 40.7 Å². The lowest BCUT2D eigenvalue weighted by atomic mass is 9.34. The Bertz CT molecular complexity index is 2190. The molecule has 0 atom stereocenters. The van der Waals surface area contributed by atoms with E-state index >= 15 is 0 Å². The van der Waals surface area contributed by atoms with Crippen molar-refractivity contribution >= 4 is 61.7 Å². The molecule has 1 aliphatic carbocycles. The van der Waals surface area contributed by atoms with Gasteiger partial charge in [0.25, 0.3) is 6.71 Å². The lowest BCUT2D eigenvalue weighted by Crippen LogP contribution is -2.60. The molecule has 0 unspecified atom stereocenters. The molecule has 3 heterocycles. The zero-order chi connectivity index (χ0) is 28.1. The van der Waals surface area contributed by atoms with Crippen LogP contribution in [0.25, 0.3) is 44.1 Å². The van der Waals surface area contributed by atoms with Crippen molar-refractivity contribution in [3.8, 4) is 16.8 Å². The summed E-state index contributed by atoms with van der Waals surface area (Å²) in [6.07, 6.45) is 9.21. The normalized spacial score (nSPS) is 14.8. The number of hydrogen-bond acceptors (Lipinski definition) is 1. The van der Waals surface area contributed by atoms with Gasteiger partial charge < -0.3 is 9.47 Å². The van der Waals surface area contributed by atoms with Crippen molar-refractivity contribution in [2.75, 3.05) is 11.9 Å². The van der Waals surface area contributed by atoms with E-state index < -0.39 is 0 Å². The third-order valence-corrected chi connectivity index (χ3v) is 10.1. The van der Waals surface area contributed by atoms with E-state index in [1.807, 2.05) is 0 Å². The number of anilines is 2. The summed E-state index contributed by atoms with van der Waals surface area (Å²) in [4.78, 5) is 2.42. The maximum atomic E-state index is 2.51. The Morgan fingerprint density at radius 2 is 1.43 bits per heavy atom. The van der Waals surface area contributed by atoms with Crippen molar-refractivity contribution in [1.82, 2.24) is 4.57 Å². The van der Waals surface area contributed by atoms with Crippen LogP contribution in [0.1, 0.15) is 29.7 Å². The average molecular weight is 539 g/mol. The van der Waals surface area contributed by atoms with E-state index in [9.17, 15) is 0 Å². The summed E-state index contributed by atoms with van der Waals surface area (Å²) >= 11 is 0. The van der Waals surface area contributed by atoms with Crippen LogP contribution in [0.4, 0.5) is 11.4 Å². The molecule has 9 rings (SSSR count). The van der Waals surface area contributed by atoms with Crippen LogP contribution in [0, 0.1) is 13.8 Å². The van der Waals surface area contributed by atoms with Gasteiger partial charge in [0.1, 0.15) is 0 Å². The minimum absolute atomic E-state index is 0.213. The standard InChI is InChI=1S/C39H31BN2/c1-24-25(2)42-36-18-10-17-35-38(36)40(34-16-9-15-28(24)39(34)42)33-22-19-27(23-37(33)41(35)3)30-21-20-29(26-11-5-4-6-12-26)31-13-7-8-14-32(30)31/h5,7-23H,4,6H2,1-3H3. The number of allylic oxidation sites excluding steroid dienone is 4. The lowest BCUT2D eigenvalue weighted by Gasteiger charge is -2.38. The largest absolute Gasteiger partial charge is 0.345 e. The van der Waals surface area contributed by atoms with Crippen LogP contribution >= 0.6 is 0 Å². The minimum Gasteiger partial charge on any atom is -0.345 e. The molecule has 6 aromatic rings. The van der Waals surface area contributed by atoms with Gasteiger partial charge in [-0.15, -0.1) is 0 Å². The zero-order valence-corrected chi connectivity index (χ0v) is 24.3. The van der Waals surface area contributed by atoms with Crippen LogP contribution in [0.15, 0.2) is 109 Å². The summed E-state index contributed by atoms with van der Waals surface area (Å²) in [5, 5.41) is 3.99. The molecule has 2 aliphatic heterocycles. The fraction of sp³-hybridized carbons (Fsp3) is 0.128. The second kappa shape index (κ2) is 8.63. The smallest absolute Gasteiger partial charge is 0.252 e. The lowest BCUT2D eigenvalue weighted by molar-refractivity contribution is 1.04. The highest BCUT2D eigenvalue weighted by molar-refractivity contribution is 7.00. The SMILES string of the molecule is Cc1c(C)n2c3c(cccc13)B1c3ccc(-c4ccc(C5=CCCC=C5)c5ccccc45)cc3N(C)c3cccc-2c31. The number of aryl methyl sites for hydroxylation is 1. The second-order valence-electron chi connectivity index (χ2n) is 12.1. The summed E-state index contributed by atoms with van der Waals surface area (Å²) in [6, 6.07) is 34.5. The highest BCUT2D eigenvalue weighted by Crippen LogP contribution is 2.39. The topological polar surface area (TPSA) is 8.17 Å². The molecule has 3 aliphatic rings. The van der Waals surface area contributed by atoms with E-state index in [0.717, 1.165) is 12.8 Å². The van der Waals surface area contributed by atoms with E-state index in [1.165, 1.54) is 88.6 Å². The number of hydrogen-bond donors (Lipinski definition) is 0. The highest BCUT2D eigenvalue weighted by Gasteiger charge is 2.40. The van der Waals surface area contributed by atoms with Crippen LogP contribution in [0.3, 0.4) is 0 Å². The quantitative estimate of drug-likeness (QED) is 0.205. The molecule has 0 amide bonds. The first-order chi connectivity index (χ1) is 20.6. The van der Waals surface area contributed by atoms with E-state index in [0.29, 0.717) is 0 Å². The van der Waals surface area contributed by atoms with Crippen LogP contribution in [-0.4, -0.2) is 18.3 Å². The summed E-state index contributed by atoms with van der Waals surface area (Å²) in [5.41, 5.74) is 17.4. The van der Waals surface area contributed by atoms with Gasteiger partial charge in [-0.1, -0.05) is 91.0 Å². The maximum absolute atomic E-state index is 2.51. The molecule has 5 aromatic carbocycles. The van der Waals surface area contributed by atoms with Crippen molar-refractivity contribution in [2.24, 2.45) is 0 Å². The summed E-state index contributed by atoms with van der Waals surface area (Å²) < 4.78 is 2.51. The first-order valence-electron chi connectivity index (χ1n) is 15.1. The number of fused-ring (bicyclic) bond motifs is 5. The first kappa shape index (κ1) is 23.9. The number of nitrogens with zero attached hydrogens (tertiary/aromatic N) is 2. The average Bonchev–Trinajstić information content (AvgIpc) is 3.30. The number of benzene rings is 5. The third-order valence-electron chi connectivity index (χ3n) is 10.1. The molecule has 2 nitrogen and oxygen atoms in total. The molecule has 42 heavy (non-hydrogen) atoms. The first-order valence-corrected chi connectivity index (χ1v) is 15.1. The van der Waals surface area contributed by atoms with Gasteiger partial charge in [-0.2, -0.15) is 0 Å². The Balaban J connectivity index is 1.27. The zero-order valence-electron chi connectivity index (χ0n) is 24.3. The fourth-order valence-corrected chi connectivity index (χ4v) is 7.97.